The van der Waals surface area contributed by atoms with Crippen LogP contribution in [-0.2, 0) is 11.3 Å². The Bertz CT molecular complexity index is 795. The van der Waals surface area contributed by atoms with Gasteiger partial charge < -0.3 is 9.64 Å². The summed E-state index contributed by atoms with van der Waals surface area (Å²) in [5.41, 5.74) is 1.36. The maximum absolute atomic E-state index is 13.2. The van der Waals surface area contributed by atoms with Crippen LogP contribution in [0.1, 0.15) is 22.3 Å². The van der Waals surface area contributed by atoms with Gasteiger partial charge in [-0.15, -0.1) is 0 Å². The van der Waals surface area contributed by atoms with E-state index in [4.69, 9.17) is 27.9 Å². The Morgan fingerprint density at radius 3 is 2.46 bits per heavy atom. The van der Waals surface area contributed by atoms with Crippen LogP contribution in [0.2, 0.25) is 10.0 Å². The molecule has 0 N–H and O–H groups in total. The number of ether oxygens (including phenoxy) is 1. The van der Waals surface area contributed by atoms with Crippen molar-refractivity contribution in [1.82, 2.24) is 9.80 Å². The molecular formula is C21H23Cl2FN2O2. The number of benzene rings is 2. The third kappa shape index (κ3) is 5.92. The van der Waals surface area contributed by atoms with Crippen molar-refractivity contribution < 1.29 is 13.9 Å². The van der Waals surface area contributed by atoms with Crippen LogP contribution in [0.25, 0.3) is 0 Å². The monoisotopic (exact) mass is 424 g/mol. The molecule has 7 heteroatoms. The topological polar surface area (TPSA) is 32.8 Å². The van der Waals surface area contributed by atoms with E-state index in [1.54, 1.807) is 35.2 Å². The van der Waals surface area contributed by atoms with Crippen LogP contribution in [0.15, 0.2) is 42.5 Å². The van der Waals surface area contributed by atoms with Crippen molar-refractivity contribution in [2.75, 3.05) is 39.4 Å². The predicted octanol–water partition coefficient (Wildman–Crippen LogP) is 4.50. The first-order valence-corrected chi connectivity index (χ1v) is 10.1. The number of amides is 1. The van der Waals surface area contributed by atoms with Crippen molar-refractivity contribution in [3.63, 3.8) is 0 Å². The van der Waals surface area contributed by atoms with E-state index in [2.05, 4.69) is 4.90 Å². The highest BCUT2D eigenvalue weighted by atomic mass is 35.5. The highest BCUT2D eigenvalue weighted by Crippen LogP contribution is 2.24. The molecule has 0 radical (unpaired) electrons. The lowest BCUT2D eigenvalue weighted by atomic mass is 10.1. The summed E-state index contributed by atoms with van der Waals surface area (Å²) in [5.74, 6) is -0.414. The molecule has 0 atom stereocenters. The van der Waals surface area contributed by atoms with Crippen LogP contribution in [0.5, 0.6) is 0 Å². The molecule has 0 unspecified atom stereocenters. The van der Waals surface area contributed by atoms with Gasteiger partial charge >= 0.3 is 0 Å². The SMILES string of the molecule is O=C(c1ccc(Cl)c(Cl)c1)N(CCCN1CCOCC1)Cc1ccc(F)cc1. The first-order chi connectivity index (χ1) is 13.5. The first-order valence-electron chi connectivity index (χ1n) is 9.32. The van der Waals surface area contributed by atoms with Crippen molar-refractivity contribution in [2.24, 2.45) is 0 Å². The maximum atomic E-state index is 13.2. The molecule has 2 aromatic rings. The molecule has 1 aliphatic heterocycles. The quantitative estimate of drug-likeness (QED) is 0.655. The molecule has 0 bridgehead atoms. The van der Waals surface area contributed by atoms with E-state index in [9.17, 15) is 9.18 Å². The zero-order chi connectivity index (χ0) is 19.9. The number of carbonyl (C=O) groups is 1. The van der Waals surface area contributed by atoms with Gasteiger partial charge in [-0.25, -0.2) is 4.39 Å². The van der Waals surface area contributed by atoms with E-state index in [0.29, 0.717) is 28.7 Å². The van der Waals surface area contributed by atoms with Gasteiger partial charge in [0.2, 0.25) is 0 Å². The fourth-order valence-corrected chi connectivity index (χ4v) is 3.48. The molecule has 3 rings (SSSR count). The largest absolute Gasteiger partial charge is 0.379 e. The minimum Gasteiger partial charge on any atom is -0.379 e. The lowest BCUT2D eigenvalue weighted by Gasteiger charge is -2.28. The van der Waals surface area contributed by atoms with Crippen molar-refractivity contribution in [3.8, 4) is 0 Å². The van der Waals surface area contributed by atoms with Crippen LogP contribution in [0, 0.1) is 5.82 Å². The second-order valence-corrected chi connectivity index (χ2v) is 7.60. The summed E-state index contributed by atoms with van der Waals surface area (Å²) in [6.45, 7) is 5.23. The smallest absolute Gasteiger partial charge is 0.254 e. The van der Waals surface area contributed by atoms with Crippen LogP contribution in [0.3, 0.4) is 0 Å². The number of hydrogen-bond acceptors (Lipinski definition) is 3. The molecule has 0 aliphatic carbocycles. The normalized spacial score (nSPS) is 14.8. The molecule has 28 heavy (non-hydrogen) atoms. The molecular weight excluding hydrogens is 402 g/mol. The van der Waals surface area contributed by atoms with Gasteiger partial charge in [-0.3, -0.25) is 9.69 Å². The molecule has 1 fully saturated rings. The predicted molar refractivity (Wildman–Crippen MR) is 109 cm³/mol. The summed E-state index contributed by atoms with van der Waals surface area (Å²) >= 11 is 12.1. The minimum absolute atomic E-state index is 0.120. The molecule has 4 nitrogen and oxygen atoms in total. The highest BCUT2D eigenvalue weighted by Gasteiger charge is 2.18. The van der Waals surface area contributed by atoms with Crippen LogP contribution >= 0.6 is 23.2 Å². The molecule has 1 amide bonds. The lowest BCUT2D eigenvalue weighted by Crippen LogP contribution is -2.39. The standard InChI is InChI=1S/C21H23Cl2FN2O2/c22-19-7-4-17(14-20(19)23)21(27)26(15-16-2-5-18(24)6-3-16)9-1-8-25-10-12-28-13-11-25/h2-7,14H,1,8-13,15H2. The Morgan fingerprint density at radius 1 is 1.07 bits per heavy atom. The van der Waals surface area contributed by atoms with Gasteiger partial charge in [0, 0.05) is 38.3 Å². The van der Waals surface area contributed by atoms with E-state index in [1.807, 2.05) is 0 Å². The van der Waals surface area contributed by atoms with Gasteiger partial charge in [0.05, 0.1) is 23.3 Å². The highest BCUT2D eigenvalue weighted by molar-refractivity contribution is 6.42. The second-order valence-electron chi connectivity index (χ2n) is 6.79. The van der Waals surface area contributed by atoms with E-state index in [0.717, 1.165) is 44.8 Å². The lowest BCUT2D eigenvalue weighted by molar-refractivity contribution is 0.0355. The Balaban J connectivity index is 1.69. The Hall–Kier alpha value is -1.66. The summed E-state index contributed by atoms with van der Waals surface area (Å²) in [7, 11) is 0. The van der Waals surface area contributed by atoms with E-state index < -0.39 is 0 Å². The fourth-order valence-electron chi connectivity index (χ4n) is 3.18. The summed E-state index contributed by atoms with van der Waals surface area (Å²) in [6.07, 6.45) is 0.842. The molecule has 1 aliphatic rings. The summed E-state index contributed by atoms with van der Waals surface area (Å²) in [6, 6.07) is 11.1. The van der Waals surface area contributed by atoms with Crippen LogP contribution in [-0.4, -0.2) is 55.1 Å². The molecule has 0 aromatic heterocycles. The summed E-state index contributed by atoms with van der Waals surface area (Å²) in [4.78, 5) is 17.2. The molecule has 0 spiro atoms. The zero-order valence-corrected chi connectivity index (χ0v) is 17.1. The van der Waals surface area contributed by atoms with E-state index in [1.165, 1.54) is 12.1 Å². The number of morpholine rings is 1. The number of halogens is 3. The molecule has 2 aromatic carbocycles. The molecule has 1 heterocycles. The third-order valence-electron chi connectivity index (χ3n) is 4.75. The Labute approximate surface area is 174 Å². The van der Waals surface area contributed by atoms with Gasteiger partial charge in [-0.1, -0.05) is 35.3 Å². The van der Waals surface area contributed by atoms with Gasteiger partial charge in [0.15, 0.2) is 0 Å². The molecule has 1 saturated heterocycles. The van der Waals surface area contributed by atoms with Crippen LogP contribution in [0.4, 0.5) is 4.39 Å². The van der Waals surface area contributed by atoms with Crippen LogP contribution < -0.4 is 0 Å². The molecule has 0 saturated carbocycles. The van der Waals surface area contributed by atoms with Crippen molar-refractivity contribution in [2.45, 2.75) is 13.0 Å². The average molecular weight is 425 g/mol. The van der Waals surface area contributed by atoms with Crippen molar-refractivity contribution in [3.05, 3.63) is 69.5 Å². The van der Waals surface area contributed by atoms with Gasteiger partial charge in [0.25, 0.3) is 5.91 Å². The van der Waals surface area contributed by atoms with Crippen molar-refractivity contribution in [1.29, 1.82) is 0 Å². The maximum Gasteiger partial charge on any atom is 0.254 e. The number of nitrogens with zero attached hydrogens (tertiary/aromatic N) is 2. The van der Waals surface area contributed by atoms with E-state index >= 15 is 0 Å². The van der Waals surface area contributed by atoms with Gasteiger partial charge in [0.1, 0.15) is 5.82 Å². The van der Waals surface area contributed by atoms with Crippen molar-refractivity contribution >= 4 is 29.1 Å². The van der Waals surface area contributed by atoms with Gasteiger partial charge in [-0.05, 0) is 42.3 Å². The van der Waals surface area contributed by atoms with E-state index in [-0.39, 0.29) is 11.7 Å². The Morgan fingerprint density at radius 2 is 1.79 bits per heavy atom. The zero-order valence-electron chi connectivity index (χ0n) is 15.5. The molecule has 150 valence electrons. The first kappa shape index (κ1) is 21.1. The fraction of sp³-hybridized carbons (Fsp3) is 0.381. The number of rotatable bonds is 7. The average Bonchev–Trinajstić information content (AvgIpc) is 2.71. The number of hydrogen-bond donors (Lipinski definition) is 0. The number of carbonyl (C=O) groups excluding carboxylic acids is 1. The second kappa shape index (κ2) is 10.2. The summed E-state index contributed by atoms with van der Waals surface area (Å²) < 4.78 is 18.6. The minimum atomic E-state index is -0.293. The Kier molecular flexibility index (Phi) is 7.68. The third-order valence-corrected chi connectivity index (χ3v) is 5.49. The van der Waals surface area contributed by atoms with Gasteiger partial charge in [-0.2, -0.15) is 0 Å². The summed E-state index contributed by atoms with van der Waals surface area (Å²) in [5, 5.41) is 0.762.